The number of phenols is 1. The van der Waals surface area contributed by atoms with Gasteiger partial charge in [0.25, 0.3) is 0 Å². The Morgan fingerprint density at radius 2 is 2.36 bits per heavy atom. The maximum absolute atomic E-state index is 9.56. The highest BCUT2D eigenvalue weighted by molar-refractivity contribution is 5.38. The molecule has 1 aliphatic heterocycles. The Hall–Kier alpha value is -1.02. The minimum atomic E-state index is 0.424. The fourth-order valence-electron chi connectivity index (χ4n) is 2.09. The molecule has 14 heavy (non-hydrogen) atoms. The lowest BCUT2D eigenvalue weighted by molar-refractivity contribution is 0.468. The van der Waals surface area contributed by atoms with E-state index in [0.29, 0.717) is 5.75 Å². The van der Waals surface area contributed by atoms with Gasteiger partial charge in [-0.15, -0.1) is 0 Å². The van der Waals surface area contributed by atoms with Gasteiger partial charge in [0.2, 0.25) is 0 Å². The van der Waals surface area contributed by atoms with Crippen molar-refractivity contribution in [2.24, 2.45) is 5.92 Å². The summed E-state index contributed by atoms with van der Waals surface area (Å²) in [5.41, 5.74) is 2.33. The largest absolute Gasteiger partial charge is 0.508 e. The minimum absolute atomic E-state index is 0.424. The third-order valence-corrected chi connectivity index (χ3v) is 3.09. The van der Waals surface area contributed by atoms with Crippen LogP contribution in [-0.2, 0) is 6.42 Å². The average Bonchev–Trinajstić information content (AvgIpc) is 2.66. The molecular weight excluding hydrogens is 174 g/mol. The first-order valence-electron chi connectivity index (χ1n) is 5.25. The molecule has 1 unspecified atom stereocenters. The number of phenolic OH excluding ortho intramolecular Hbond substituents is 1. The number of hydrogen-bond acceptors (Lipinski definition) is 2. The SMILES string of the molecule is Cc1c(O)cccc1CC1CCNC1. The van der Waals surface area contributed by atoms with Crippen molar-refractivity contribution in [1.82, 2.24) is 5.32 Å². The summed E-state index contributed by atoms with van der Waals surface area (Å²) in [6.45, 7) is 4.25. The van der Waals surface area contributed by atoms with E-state index in [1.807, 2.05) is 13.0 Å². The zero-order valence-corrected chi connectivity index (χ0v) is 8.59. The third kappa shape index (κ3) is 1.90. The first-order chi connectivity index (χ1) is 6.77. The minimum Gasteiger partial charge on any atom is -0.508 e. The van der Waals surface area contributed by atoms with Crippen LogP contribution in [0.25, 0.3) is 0 Å². The summed E-state index contributed by atoms with van der Waals surface area (Å²) in [7, 11) is 0. The smallest absolute Gasteiger partial charge is 0.118 e. The van der Waals surface area contributed by atoms with Crippen molar-refractivity contribution in [2.45, 2.75) is 19.8 Å². The molecule has 0 spiro atoms. The second-order valence-corrected chi connectivity index (χ2v) is 4.12. The van der Waals surface area contributed by atoms with Crippen LogP contribution in [0.2, 0.25) is 0 Å². The number of benzene rings is 1. The molecule has 1 aromatic rings. The highest BCUT2D eigenvalue weighted by Crippen LogP contribution is 2.23. The predicted molar refractivity (Wildman–Crippen MR) is 57.5 cm³/mol. The van der Waals surface area contributed by atoms with E-state index < -0.39 is 0 Å². The fraction of sp³-hybridized carbons (Fsp3) is 0.500. The van der Waals surface area contributed by atoms with Crippen LogP contribution in [-0.4, -0.2) is 18.2 Å². The van der Waals surface area contributed by atoms with Gasteiger partial charge in [0.1, 0.15) is 5.75 Å². The van der Waals surface area contributed by atoms with Crippen molar-refractivity contribution >= 4 is 0 Å². The second kappa shape index (κ2) is 4.01. The van der Waals surface area contributed by atoms with E-state index in [-0.39, 0.29) is 0 Å². The van der Waals surface area contributed by atoms with Gasteiger partial charge < -0.3 is 10.4 Å². The van der Waals surface area contributed by atoms with E-state index in [1.54, 1.807) is 6.07 Å². The van der Waals surface area contributed by atoms with Crippen molar-refractivity contribution in [2.75, 3.05) is 13.1 Å². The van der Waals surface area contributed by atoms with Gasteiger partial charge in [-0.2, -0.15) is 0 Å². The average molecular weight is 191 g/mol. The standard InChI is InChI=1S/C12H17NO/c1-9-11(3-2-4-12(9)14)7-10-5-6-13-8-10/h2-4,10,13-14H,5-8H2,1H3. The topological polar surface area (TPSA) is 32.3 Å². The molecule has 0 aliphatic carbocycles. The van der Waals surface area contributed by atoms with Gasteiger partial charge in [0.15, 0.2) is 0 Å². The van der Waals surface area contributed by atoms with Crippen molar-refractivity contribution in [3.05, 3.63) is 29.3 Å². The van der Waals surface area contributed by atoms with Gasteiger partial charge >= 0.3 is 0 Å². The molecule has 76 valence electrons. The van der Waals surface area contributed by atoms with Gasteiger partial charge in [-0.1, -0.05) is 12.1 Å². The van der Waals surface area contributed by atoms with Crippen LogP contribution in [0.15, 0.2) is 18.2 Å². The van der Waals surface area contributed by atoms with Gasteiger partial charge in [-0.05, 0) is 56.0 Å². The molecule has 1 aliphatic rings. The lowest BCUT2D eigenvalue weighted by atomic mass is 9.95. The molecule has 2 nitrogen and oxygen atoms in total. The molecule has 0 bridgehead atoms. The van der Waals surface area contributed by atoms with Crippen LogP contribution in [0.3, 0.4) is 0 Å². The molecule has 2 N–H and O–H groups in total. The molecule has 0 radical (unpaired) electrons. The Balaban J connectivity index is 2.11. The fourth-order valence-corrected chi connectivity index (χ4v) is 2.09. The summed E-state index contributed by atoms with van der Waals surface area (Å²) >= 11 is 0. The molecule has 1 heterocycles. The molecule has 0 amide bonds. The van der Waals surface area contributed by atoms with E-state index in [1.165, 1.54) is 12.0 Å². The molecule has 2 rings (SSSR count). The first-order valence-corrected chi connectivity index (χ1v) is 5.25. The van der Waals surface area contributed by atoms with Gasteiger partial charge in [0.05, 0.1) is 0 Å². The number of aromatic hydroxyl groups is 1. The van der Waals surface area contributed by atoms with Gasteiger partial charge in [-0.25, -0.2) is 0 Å². The lowest BCUT2D eigenvalue weighted by Gasteiger charge is -2.11. The lowest BCUT2D eigenvalue weighted by Crippen LogP contribution is -2.11. The molecule has 2 heteroatoms. The highest BCUT2D eigenvalue weighted by atomic mass is 16.3. The van der Waals surface area contributed by atoms with E-state index in [2.05, 4.69) is 11.4 Å². The second-order valence-electron chi connectivity index (χ2n) is 4.12. The quantitative estimate of drug-likeness (QED) is 0.747. The van der Waals surface area contributed by atoms with Crippen LogP contribution in [0.1, 0.15) is 17.5 Å². The van der Waals surface area contributed by atoms with Crippen LogP contribution >= 0.6 is 0 Å². The van der Waals surface area contributed by atoms with E-state index in [9.17, 15) is 5.11 Å². The summed E-state index contributed by atoms with van der Waals surface area (Å²) in [5.74, 6) is 1.17. The van der Waals surface area contributed by atoms with Crippen LogP contribution in [0.4, 0.5) is 0 Å². The van der Waals surface area contributed by atoms with Crippen molar-refractivity contribution in [3.63, 3.8) is 0 Å². The Morgan fingerprint density at radius 1 is 1.50 bits per heavy atom. The van der Waals surface area contributed by atoms with Gasteiger partial charge in [0, 0.05) is 0 Å². The van der Waals surface area contributed by atoms with Crippen molar-refractivity contribution < 1.29 is 5.11 Å². The molecule has 1 fully saturated rings. The summed E-state index contributed by atoms with van der Waals surface area (Å²) in [5, 5.41) is 12.9. The number of nitrogens with one attached hydrogen (secondary N) is 1. The third-order valence-electron chi connectivity index (χ3n) is 3.09. The van der Waals surface area contributed by atoms with E-state index in [4.69, 9.17) is 0 Å². The molecule has 0 aromatic heterocycles. The zero-order valence-electron chi connectivity index (χ0n) is 8.59. The molecule has 1 atom stereocenters. The van der Waals surface area contributed by atoms with Crippen LogP contribution in [0, 0.1) is 12.8 Å². The highest BCUT2D eigenvalue weighted by Gasteiger charge is 2.16. The van der Waals surface area contributed by atoms with Crippen molar-refractivity contribution in [1.29, 1.82) is 0 Å². The zero-order chi connectivity index (χ0) is 9.97. The van der Waals surface area contributed by atoms with Gasteiger partial charge in [-0.3, -0.25) is 0 Å². The number of rotatable bonds is 2. The molecule has 1 aromatic carbocycles. The Bertz CT molecular complexity index is 316. The van der Waals surface area contributed by atoms with Crippen LogP contribution in [0.5, 0.6) is 5.75 Å². The monoisotopic (exact) mass is 191 g/mol. The predicted octanol–water partition coefficient (Wildman–Crippen LogP) is 1.85. The summed E-state index contributed by atoms with van der Waals surface area (Å²) in [4.78, 5) is 0. The number of hydrogen-bond donors (Lipinski definition) is 2. The maximum atomic E-state index is 9.56. The summed E-state index contributed by atoms with van der Waals surface area (Å²) in [6.07, 6.45) is 2.35. The summed E-state index contributed by atoms with van der Waals surface area (Å²) in [6, 6.07) is 5.80. The van der Waals surface area contributed by atoms with E-state index >= 15 is 0 Å². The molecular formula is C12H17NO. The van der Waals surface area contributed by atoms with Crippen molar-refractivity contribution in [3.8, 4) is 5.75 Å². The Labute approximate surface area is 85.0 Å². The summed E-state index contributed by atoms with van der Waals surface area (Å²) < 4.78 is 0. The molecule has 1 saturated heterocycles. The Kier molecular flexibility index (Phi) is 2.73. The normalized spacial score (nSPS) is 21.4. The van der Waals surface area contributed by atoms with E-state index in [0.717, 1.165) is 31.0 Å². The maximum Gasteiger partial charge on any atom is 0.118 e. The Morgan fingerprint density at radius 3 is 3.07 bits per heavy atom. The van der Waals surface area contributed by atoms with Crippen LogP contribution < -0.4 is 5.32 Å². The molecule has 0 saturated carbocycles. The first kappa shape index (κ1) is 9.53.